The van der Waals surface area contributed by atoms with E-state index in [1.54, 1.807) is 0 Å². The predicted octanol–water partition coefficient (Wildman–Crippen LogP) is 2.37. The van der Waals surface area contributed by atoms with Crippen molar-refractivity contribution in [2.24, 2.45) is 0 Å². The van der Waals surface area contributed by atoms with Crippen LogP contribution in [0.25, 0.3) is 0 Å². The van der Waals surface area contributed by atoms with Gasteiger partial charge in [0.2, 0.25) is 0 Å². The fraction of sp³-hybridized carbons (Fsp3) is 0.429. The summed E-state index contributed by atoms with van der Waals surface area (Å²) in [7, 11) is 0. The number of aromatic nitrogens is 2. The highest BCUT2D eigenvalue weighted by atomic mass is 16.5. The zero-order valence-electron chi connectivity index (χ0n) is 11.6. The van der Waals surface area contributed by atoms with Crippen LogP contribution >= 0.6 is 0 Å². The third kappa shape index (κ3) is 3.79. The molecule has 0 amide bonds. The van der Waals surface area contributed by atoms with Crippen molar-refractivity contribution in [1.29, 1.82) is 0 Å². The van der Waals surface area contributed by atoms with Crippen molar-refractivity contribution in [1.82, 2.24) is 15.5 Å². The van der Waals surface area contributed by atoms with E-state index in [0.717, 1.165) is 29.4 Å². The van der Waals surface area contributed by atoms with Gasteiger partial charge in [-0.25, -0.2) is 0 Å². The number of nitrogens with zero attached hydrogens (tertiary/aromatic N) is 2. The normalized spacial score (nSPS) is 10.7. The van der Waals surface area contributed by atoms with E-state index in [1.165, 1.54) is 0 Å². The van der Waals surface area contributed by atoms with E-state index in [9.17, 15) is 0 Å². The zero-order chi connectivity index (χ0) is 13.7. The second kappa shape index (κ2) is 6.33. The lowest BCUT2D eigenvalue weighted by Crippen LogP contribution is -2.14. The van der Waals surface area contributed by atoms with Crippen LogP contribution in [-0.2, 0) is 13.2 Å². The molecular formula is C14H19N3O2. The summed E-state index contributed by atoms with van der Waals surface area (Å²) in [5.41, 5.74) is 2.75. The highest BCUT2D eigenvalue weighted by Gasteiger charge is 2.08. The fourth-order valence-electron chi connectivity index (χ4n) is 1.73. The average Bonchev–Trinajstić information content (AvgIpc) is 2.81. The van der Waals surface area contributed by atoms with Crippen molar-refractivity contribution < 1.29 is 9.26 Å². The smallest absolute Gasteiger partial charge is 0.174 e. The molecule has 2 aromatic heterocycles. The predicted molar refractivity (Wildman–Crippen MR) is 71.9 cm³/mol. The van der Waals surface area contributed by atoms with Gasteiger partial charge in [0.15, 0.2) is 5.76 Å². The van der Waals surface area contributed by atoms with Crippen LogP contribution < -0.4 is 10.1 Å². The van der Waals surface area contributed by atoms with Crippen molar-refractivity contribution >= 4 is 0 Å². The van der Waals surface area contributed by atoms with Gasteiger partial charge in [0.25, 0.3) is 0 Å². The molecule has 2 aromatic rings. The van der Waals surface area contributed by atoms with E-state index in [2.05, 4.69) is 22.4 Å². The van der Waals surface area contributed by atoms with Gasteiger partial charge in [-0.15, -0.1) is 0 Å². The van der Waals surface area contributed by atoms with Gasteiger partial charge in [-0.05, 0) is 32.5 Å². The second-order valence-electron chi connectivity index (χ2n) is 4.40. The van der Waals surface area contributed by atoms with Crippen LogP contribution in [0.1, 0.15) is 29.8 Å². The third-order valence-electron chi connectivity index (χ3n) is 2.66. The molecule has 19 heavy (non-hydrogen) atoms. The van der Waals surface area contributed by atoms with Gasteiger partial charge in [-0.2, -0.15) is 0 Å². The van der Waals surface area contributed by atoms with Crippen molar-refractivity contribution in [2.75, 3.05) is 6.54 Å². The lowest BCUT2D eigenvalue weighted by Gasteiger charge is -2.10. The molecule has 2 rings (SSSR count). The van der Waals surface area contributed by atoms with E-state index < -0.39 is 0 Å². The van der Waals surface area contributed by atoms with Crippen molar-refractivity contribution in [3.8, 4) is 5.75 Å². The van der Waals surface area contributed by atoms with Crippen LogP contribution in [0, 0.1) is 13.8 Å². The molecule has 0 aliphatic carbocycles. The summed E-state index contributed by atoms with van der Waals surface area (Å²) in [6.07, 6.45) is 0. The second-order valence-corrected chi connectivity index (χ2v) is 4.40. The SMILES string of the molecule is CCNCc1nc(C)ccc1OCc1cc(C)no1. The van der Waals surface area contributed by atoms with Gasteiger partial charge in [-0.1, -0.05) is 12.1 Å². The maximum atomic E-state index is 5.75. The number of ether oxygens (including phenoxy) is 1. The Balaban J connectivity index is 2.05. The van der Waals surface area contributed by atoms with E-state index in [0.29, 0.717) is 18.9 Å². The van der Waals surface area contributed by atoms with Crippen LogP contribution in [0.4, 0.5) is 0 Å². The summed E-state index contributed by atoms with van der Waals surface area (Å²) in [5.74, 6) is 1.49. The minimum atomic E-state index is 0.366. The summed E-state index contributed by atoms with van der Waals surface area (Å²) in [5, 5.41) is 7.09. The average molecular weight is 261 g/mol. The maximum absolute atomic E-state index is 5.75. The molecule has 0 atom stereocenters. The molecule has 0 unspecified atom stereocenters. The van der Waals surface area contributed by atoms with Crippen LogP contribution in [0.5, 0.6) is 5.75 Å². The number of pyridine rings is 1. The number of rotatable bonds is 6. The summed E-state index contributed by atoms with van der Waals surface area (Å²) in [4.78, 5) is 4.49. The van der Waals surface area contributed by atoms with Gasteiger partial charge in [-0.3, -0.25) is 4.98 Å². The molecule has 5 heteroatoms. The Morgan fingerprint density at radius 2 is 2.11 bits per heavy atom. The molecule has 0 radical (unpaired) electrons. The maximum Gasteiger partial charge on any atom is 0.174 e. The first-order valence-corrected chi connectivity index (χ1v) is 6.41. The van der Waals surface area contributed by atoms with E-state index in [-0.39, 0.29) is 0 Å². The fourth-order valence-corrected chi connectivity index (χ4v) is 1.73. The molecule has 2 heterocycles. The van der Waals surface area contributed by atoms with Crippen molar-refractivity contribution in [2.45, 2.75) is 33.9 Å². The number of hydrogen-bond acceptors (Lipinski definition) is 5. The van der Waals surface area contributed by atoms with Crippen LogP contribution in [0.15, 0.2) is 22.7 Å². The van der Waals surface area contributed by atoms with Gasteiger partial charge in [0.05, 0.1) is 11.4 Å². The van der Waals surface area contributed by atoms with Crippen LogP contribution in [0.3, 0.4) is 0 Å². The van der Waals surface area contributed by atoms with Crippen LogP contribution in [0.2, 0.25) is 0 Å². The molecule has 0 saturated carbocycles. The molecule has 0 aromatic carbocycles. The third-order valence-corrected chi connectivity index (χ3v) is 2.66. The Morgan fingerprint density at radius 1 is 1.26 bits per heavy atom. The monoisotopic (exact) mass is 261 g/mol. The van der Waals surface area contributed by atoms with E-state index in [4.69, 9.17) is 9.26 Å². The lowest BCUT2D eigenvalue weighted by atomic mass is 10.3. The Labute approximate surface area is 113 Å². The Hall–Kier alpha value is -1.88. The first kappa shape index (κ1) is 13.5. The number of hydrogen-bond donors (Lipinski definition) is 1. The summed E-state index contributed by atoms with van der Waals surface area (Å²) >= 11 is 0. The number of aryl methyl sites for hydroxylation is 2. The summed E-state index contributed by atoms with van der Waals surface area (Å²) in [6.45, 7) is 7.88. The lowest BCUT2D eigenvalue weighted by molar-refractivity contribution is 0.245. The standard InChI is InChI=1S/C14H19N3O2/c1-4-15-8-13-14(6-5-10(2)16-13)18-9-12-7-11(3)17-19-12/h5-7,15H,4,8-9H2,1-3H3. The van der Waals surface area contributed by atoms with E-state index >= 15 is 0 Å². The molecule has 0 fully saturated rings. The minimum absolute atomic E-state index is 0.366. The van der Waals surface area contributed by atoms with Crippen molar-refractivity contribution in [3.05, 3.63) is 41.0 Å². The molecule has 0 bridgehead atoms. The topological polar surface area (TPSA) is 60.2 Å². The molecule has 5 nitrogen and oxygen atoms in total. The largest absolute Gasteiger partial charge is 0.484 e. The minimum Gasteiger partial charge on any atom is -0.484 e. The molecule has 102 valence electrons. The summed E-state index contributed by atoms with van der Waals surface area (Å²) < 4.78 is 10.9. The van der Waals surface area contributed by atoms with Gasteiger partial charge >= 0.3 is 0 Å². The van der Waals surface area contributed by atoms with Gasteiger partial charge in [0, 0.05) is 18.3 Å². The molecule has 0 saturated heterocycles. The molecule has 0 aliphatic rings. The molecule has 0 aliphatic heterocycles. The molecule has 1 N–H and O–H groups in total. The molecular weight excluding hydrogens is 242 g/mol. The highest BCUT2D eigenvalue weighted by Crippen LogP contribution is 2.18. The Morgan fingerprint density at radius 3 is 2.79 bits per heavy atom. The highest BCUT2D eigenvalue weighted by molar-refractivity contribution is 5.29. The van der Waals surface area contributed by atoms with Crippen molar-refractivity contribution in [3.63, 3.8) is 0 Å². The first-order valence-electron chi connectivity index (χ1n) is 6.41. The number of nitrogens with one attached hydrogen (secondary N) is 1. The molecule has 0 spiro atoms. The first-order chi connectivity index (χ1) is 9.19. The Bertz CT molecular complexity index is 537. The summed E-state index contributed by atoms with van der Waals surface area (Å²) in [6, 6.07) is 5.75. The van der Waals surface area contributed by atoms with E-state index in [1.807, 2.05) is 32.0 Å². The Kier molecular flexibility index (Phi) is 4.52. The zero-order valence-corrected chi connectivity index (χ0v) is 11.6. The van der Waals surface area contributed by atoms with Gasteiger partial charge < -0.3 is 14.6 Å². The van der Waals surface area contributed by atoms with Gasteiger partial charge in [0.1, 0.15) is 12.4 Å². The quantitative estimate of drug-likeness (QED) is 0.865. The van der Waals surface area contributed by atoms with Crippen LogP contribution in [-0.4, -0.2) is 16.7 Å².